The second-order valence-corrected chi connectivity index (χ2v) is 3.83. The first kappa shape index (κ1) is 9.40. The molecule has 0 atom stereocenters. The third-order valence-corrected chi connectivity index (χ3v) is 2.56. The molecule has 0 saturated heterocycles. The van der Waals surface area contributed by atoms with E-state index in [1.54, 1.807) is 0 Å². The first-order chi connectivity index (χ1) is 6.68. The predicted octanol–water partition coefficient (Wildman–Crippen LogP) is 3.12. The lowest BCUT2D eigenvalue weighted by Gasteiger charge is -2.02. The van der Waals surface area contributed by atoms with Gasteiger partial charge in [-0.15, -0.1) is 0 Å². The summed E-state index contributed by atoms with van der Waals surface area (Å²) in [5.74, 6) is 0.554. The Morgan fingerprint density at radius 1 is 1.29 bits per heavy atom. The van der Waals surface area contributed by atoms with Crippen molar-refractivity contribution >= 4 is 15.9 Å². The van der Waals surface area contributed by atoms with Crippen molar-refractivity contribution in [2.45, 2.75) is 13.8 Å². The predicted molar refractivity (Wildman–Crippen MR) is 56.9 cm³/mol. The number of nitrogens with zero attached hydrogens (tertiary/aromatic N) is 2. The summed E-state index contributed by atoms with van der Waals surface area (Å²) in [6.45, 7) is 4.10. The van der Waals surface area contributed by atoms with E-state index >= 15 is 0 Å². The summed E-state index contributed by atoms with van der Waals surface area (Å²) in [5, 5.41) is 3.69. The molecular weight excluding hydrogens is 244 g/mol. The number of aromatic nitrogens is 2. The number of benzene rings is 1. The van der Waals surface area contributed by atoms with Gasteiger partial charge in [0.2, 0.25) is 4.73 Å². The van der Waals surface area contributed by atoms with Gasteiger partial charge >= 0.3 is 0 Å². The monoisotopic (exact) mass is 252 g/mol. The highest BCUT2D eigenvalue weighted by atomic mass is 79.9. The average molecular weight is 253 g/mol. The third-order valence-electron chi connectivity index (χ3n) is 2.24. The maximum Gasteiger partial charge on any atom is 0.258 e. The van der Waals surface area contributed by atoms with Crippen LogP contribution in [-0.4, -0.2) is 10.1 Å². The summed E-state index contributed by atoms with van der Waals surface area (Å²) in [6.07, 6.45) is 0. The lowest BCUT2D eigenvalue weighted by atomic mass is 10.0. The van der Waals surface area contributed by atoms with Crippen molar-refractivity contribution in [2.24, 2.45) is 0 Å². The van der Waals surface area contributed by atoms with Crippen LogP contribution in [0.15, 0.2) is 27.5 Å². The van der Waals surface area contributed by atoms with Gasteiger partial charge in [0.15, 0.2) is 0 Å². The molecule has 0 saturated carbocycles. The number of halogens is 1. The second-order valence-electron chi connectivity index (χ2n) is 3.12. The molecule has 14 heavy (non-hydrogen) atoms. The van der Waals surface area contributed by atoms with Gasteiger partial charge in [0.25, 0.3) is 5.89 Å². The van der Waals surface area contributed by atoms with Crippen molar-refractivity contribution in [1.29, 1.82) is 0 Å². The van der Waals surface area contributed by atoms with Gasteiger partial charge in [-0.3, -0.25) is 0 Å². The fourth-order valence-corrected chi connectivity index (χ4v) is 1.53. The number of hydrogen-bond acceptors (Lipinski definition) is 3. The van der Waals surface area contributed by atoms with E-state index in [1.165, 1.54) is 11.1 Å². The normalized spacial score (nSPS) is 10.5. The summed E-state index contributed by atoms with van der Waals surface area (Å²) in [5.41, 5.74) is 3.38. The van der Waals surface area contributed by atoms with Crippen LogP contribution < -0.4 is 0 Å². The van der Waals surface area contributed by atoms with Crippen LogP contribution in [0.1, 0.15) is 11.1 Å². The molecule has 0 aliphatic rings. The second kappa shape index (κ2) is 3.53. The van der Waals surface area contributed by atoms with E-state index in [4.69, 9.17) is 4.52 Å². The Morgan fingerprint density at radius 2 is 2.07 bits per heavy atom. The lowest BCUT2D eigenvalue weighted by molar-refractivity contribution is 0.426. The number of aryl methyl sites for hydroxylation is 1. The van der Waals surface area contributed by atoms with Crippen molar-refractivity contribution in [1.82, 2.24) is 10.1 Å². The Morgan fingerprint density at radius 3 is 2.71 bits per heavy atom. The third kappa shape index (κ3) is 1.57. The van der Waals surface area contributed by atoms with E-state index in [-0.39, 0.29) is 0 Å². The maximum absolute atomic E-state index is 5.08. The molecule has 4 heteroatoms. The molecule has 1 aromatic heterocycles. The van der Waals surface area contributed by atoms with Gasteiger partial charge in [-0.2, -0.15) is 4.98 Å². The molecule has 0 fully saturated rings. The van der Waals surface area contributed by atoms with E-state index in [9.17, 15) is 0 Å². The van der Waals surface area contributed by atoms with Crippen molar-refractivity contribution in [3.05, 3.63) is 34.1 Å². The zero-order valence-corrected chi connectivity index (χ0v) is 9.50. The van der Waals surface area contributed by atoms with Crippen LogP contribution in [0.5, 0.6) is 0 Å². The van der Waals surface area contributed by atoms with Gasteiger partial charge < -0.3 is 4.52 Å². The molecule has 3 nitrogen and oxygen atoms in total. The van der Waals surface area contributed by atoms with Gasteiger partial charge in [0.1, 0.15) is 0 Å². The Labute approximate surface area is 90.3 Å². The van der Waals surface area contributed by atoms with Gasteiger partial charge in [0.05, 0.1) is 0 Å². The number of hydrogen-bond donors (Lipinski definition) is 0. The maximum atomic E-state index is 5.08. The van der Waals surface area contributed by atoms with Crippen molar-refractivity contribution in [3.63, 3.8) is 0 Å². The SMILES string of the molecule is Cc1cccc(-c2nc(Br)no2)c1C. The zero-order chi connectivity index (χ0) is 10.1. The van der Waals surface area contributed by atoms with Crippen LogP contribution in [0.2, 0.25) is 0 Å². The zero-order valence-electron chi connectivity index (χ0n) is 7.91. The average Bonchev–Trinajstić information content (AvgIpc) is 2.57. The highest BCUT2D eigenvalue weighted by Gasteiger charge is 2.10. The summed E-state index contributed by atoms with van der Waals surface area (Å²) < 4.78 is 5.56. The summed E-state index contributed by atoms with van der Waals surface area (Å²) in [4.78, 5) is 4.12. The highest BCUT2D eigenvalue weighted by Crippen LogP contribution is 2.24. The minimum Gasteiger partial charge on any atom is -0.333 e. The Bertz CT molecular complexity index is 465. The summed E-state index contributed by atoms with van der Waals surface area (Å²) in [7, 11) is 0. The molecule has 2 rings (SSSR count). The van der Waals surface area contributed by atoms with E-state index in [2.05, 4.69) is 39.1 Å². The molecule has 1 aromatic carbocycles. The minimum atomic E-state index is 0.480. The van der Waals surface area contributed by atoms with E-state index in [0.717, 1.165) is 5.56 Å². The minimum absolute atomic E-state index is 0.480. The Balaban J connectivity index is 2.57. The topological polar surface area (TPSA) is 38.9 Å². The van der Waals surface area contributed by atoms with Crippen LogP contribution in [0.3, 0.4) is 0 Å². The Hall–Kier alpha value is -1.16. The van der Waals surface area contributed by atoms with E-state index in [1.807, 2.05) is 19.1 Å². The largest absolute Gasteiger partial charge is 0.333 e. The fraction of sp³-hybridized carbons (Fsp3) is 0.200. The van der Waals surface area contributed by atoms with Crippen molar-refractivity contribution < 1.29 is 4.52 Å². The molecule has 0 amide bonds. The number of rotatable bonds is 1. The van der Waals surface area contributed by atoms with E-state index in [0.29, 0.717) is 10.6 Å². The van der Waals surface area contributed by atoms with Gasteiger partial charge in [-0.25, -0.2) is 0 Å². The van der Waals surface area contributed by atoms with Gasteiger partial charge in [0, 0.05) is 5.56 Å². The Kier molecular flexibility index (Phi) is 2.37. The summed E-state index contributed by atoms with van der Waals surface area (Å²) in [6, 6.07) is 6.02. The molecule has 1 heterocycles. The standard InChI is InChI=1S/C10H9BrN2O/c1-6-4-3-5-8(7(6)2)9-12-10(11)13-14-9/h3-5H,1-2H3. The van der Waals surface area contributed by atoms with Crippen LogP contribution in [-0.2, 0) is 0 Å². The lowest BCUT2D eigenvalue weighted by Crippen LogP contribution is -1.86. The molecule has 2 aromatic rings. The molecule has 0 bridgehead atoms. The van der Waals surface area contributed by atoms with E-state index < -0.39 is 0 Å². The molecule has 0 N–H and O–H groups in total. The molecule has 0 unspecified atom stereocenters. The molecule has 0 spiro atoms. The first-order valence-electron chi connectivity index (χ1n) is 4.24. The van der Waals surface area contributed by atoms with Crippen LogP contribution in [0.4, 0.5) is 0 Å². The van der Waals surface area contributed by atoms with Crippen LogP contribution in [0.25, 0.3) is 11.5 Å². The highest BCUT2D eigenvalue weighted by molar-refractivity contribution is 9.10. The fourth-order valence-electron chi connectivity index (χ4n) is 1.30. The molecular formula is C10H9BrN2O. The van der Waals surface area contributed by atoms with Gasteiger partial charge in [-0.05, 0) is 52.1 Å². The van der Waals surface area contributed by atoms with Crippen molar-refractivity contribution in [2.75, 3.05) is 0 Å². The summed E-state index contributed by atoms with van der Waals surface area (Å²) >= 11 is 3.16. The van der Waals surface area contributed by atoms with Crippen LogP contribution >= 0.6 is 15.9 Å². The van der Waals surface area contributed by atoms with Gasteiger partial charge in [-0.1, -0.05) is 12.1 Å². The van der Waals surface area contributed by atoms with Crippen LogP contribution in [0, 0.1) is 13.8 Å². The van der Waals surface area contributed by atoms with Crippen molar-refractivity contribution in [3.8, 4) is 11.5 Å². The molecule has 0 aliphatic heterocycles. The smallest absolute Gasteiger partial charge is 0.258 e. The molecule has 72 valence electrons. The first-order valence-corrected chi connectivity index (χ1v) is 5.03. The molecule has 0 radical (unpaired) electrons. The quantitative estimate of drug-likeness (QED) is 0.783. The molecule has 0 aliphatic carbocycles.